The molecule has 108 valence electrons. The van der Waals surface area contributed by atoms with Gasteiger partial charge in [-0.05, 0) is 12.1 Å². The van der Waals surface area contributed by atoms with Crippen LogP contribution in [0.3, 0.4) is 0 Å². The molecule has 1 aromatic carbocycles. The Morgan fingerprint density at radius 2 is 2.24 bits per heavy atom. The number of aromatic nitrogens is 3. The normalized spacial score (nSPS) is 10.2. The number of nitrogens with zero attached hydrogens (tertiary/aromatic N) is 3. The van der Waals surface area contributed by atoms with E-state index in [-0.39, 0.29) is 11.7 Å². The summed E-state index contributed by atoms with van der Waals surface area (Å²) in [6.45, 7) is 3.90. The molecule has 1 amide bonds. The van der Waals surface area contributed by atoms with Crippen molar-refractivity contribution in [3.05, 3.63) is 35.4 Å². The van der Waals surface area contributed by atoms with E-state index in [2.05, 4.69) is 20.5 Å². The van der Waals surface area contributed by atoms with Gasteiger partial charge in [0.15, 0.2) is 0 Å². The lowest BCUT2D eigenvalue weighted by Crippen LogP contribution is -2.14. The van der Waals surface area contributed by atoms with Crippen LogP contribution in [0.2, 0.25) is 0 Å². The van der Waals surface area contributed by atoms with E-state index in [0.29, 0.717) is 22.8 Å². The fraction of sp³-hybridized carbons (Fsp3) is 0.286. The number of aromatic amines is 1. The number of ether oxygens (including phenoxy) is 1. The largest absolute Gasteiger partial charge is 0.495 e. The lowest BCUT2D eigenvalue weighted by atomic mass is 10.2. The quantitative estimate of drug-likeness (QED) is 0.894. The standard InChI is InChI=1S/C14H15N5O2/c1-8(2)12-17-13(19-18-12)14(20)16-10-5-4-9(7-15)6-11(10)21-3/h4-6,8H,1-3H3,(H,16,20)(H,17,18,19). The minimum absolute atomic E-state index is 0.0603. The molecular formula is C14H15N5O2. The number of hydrogen-bond donors (Lipinski definition) is 2. The number of H-pyrrole nitrogens is 1. The number of nitrogens with one attached hydrogen (secondary N) is 2. The van der Waals surface area contributed by atoms with Gasteiger partial charge in [0, 0.05) is 12.0 Å². The Morgan fingerprint density at radius 1 is 1.48 bits per heavy atom. The molecule has 21 heavy (non-hydrogen) atoms. The van der Waals surface area contributed by atoms with Crippen molar-refractivity contribution in [3.63, 3.8) is 0 Å². The Bertz CT molecular complexity index is 700. The van der Waals surface area contributed by atoms with Gasteiger partial charge in [-0.2, -0.15) is 5.26 Å². The van der Waals surface area contributed by atoms with Crippen molar-refractivity contribution in [2.24, 2.45) is 0 Å². The maximum absolute atomic E-state index is 12.1. The number of benzene rings is 1. The molecule has 7 heteroatoms. The first kappa shape index (κ1) is 14.5. The maximum Gasteiger partial charge on any atom is 0.295 e. The number of nitriles is 1. The van der Waals surface area contributed by atoms with Crippen molar-refractivity contribution in [1.82, 2.24) is 15.2 Å². The molecule has 2 N–H and O–H groups in total. The number of methoxy groups -OCH3 is 1. The van der Waals surface area contributed by atoms with Crippen LogP contribution >= 0.6 is 0 Å². The highest BCUT2D eigenvalue weighted by molar-refractivity contribution is 6.02. The molecule has 0 fully saturated rings. The van der Waals surface area contributed by atoms with Crippen LogP contribution in [0.5, 0.6) is 5.75 Å². The minimum atomic E-state index is -0.443. The first-order valence-corrected chi connectivity index (χ1v) is 6.37. The average molecular weight is 285 g/mol. The second kappa shape index (κ2) is 6.05. The molecule has 0 unspecified atom stereocenters. The highest BCUT2D eigenvalue weighted by Gasteiger charge is 2.16. The summed E-state index contributed by atoms with van der Waals surface area (Å²) in [5, 5.41) is 18.1. The van der Waals surface area contributed by atoms with Gasteiger partial charge in [0.25, 0.3) is 5.91 Å². The zero-order valence-corrected chi connectivity index (χ0v) is 12.0. The van der Waals surface area contributed by atoms with E-state index in [1.807, 2.05) is 19.9 Å². The van der Waals surface area contributed by atoms with Gasteiger partial charge in [-0.15, -0.1) is 5.10 Å². The molecule has 0 atom stereocenters. The Kier molecular flexibility index (Phi) is 4.18. The smallest absolute Gasteiger partial charge is 0.295 e. The van der Waals surface area contributed by atoms with Crippen molar-refractivity contribution in [3.8, 4) is 11.8 Å². The molecule has 2 aromatic rings. The molecule has 0 aliphatic carbocycles. The molecule has 0 aliphatic rings. The van der Waals surface area contributed by atoms with E-state index in [1.54, 1.807) is 18.2 Å². The number of amides is 1. The van der Waals surface area contributed by atoms with Crippen LogP contribution in [0.25, 0.3) is 0 Å². The van der Waals surface area contributed by atoms with E-state index in [9.17, 15) is 4.79 Å². The predicted octanol–water partition coefficient (Wildman–Crippen LogP) is 2.06. The van der Waals surface area contributed by atoms with Crippen molar-refractivity contribution < 1.29 is 9.53 Å². The molecule has 0 aliphatic heterocycles. The van der Waals surface area contributed by atoms with Gasteiger partial charge < -0.3 is 10.1 Å². The third-order valence-corrected chi connectivity index (χ3v) is 2.83. The van der Waals surface area contributed by atoms with Crippen molar-refractivity contribution in [2.45, 2.75) is 19.8 Å². The number of hydrogen-bond acceptors (Lipinski definition) is 5. The minimum Gasteiger partial charge on any atom is -0.495 e. The molecule has 1 aromatic heterocycles. The van der Waals surface area contributed by atoms with E-state index >= 15 is 0 Å². The van der Waals surface area contributed by atoms with Crippen molar-refractivity contribution in [1.29, 1.82) is 5.26 Å². The van der Waals surface area contributed by atoms with Crippen LogP contribution < -0.4 is 10.1 Å². The Morgan fingerprint density at radius 3 is 2.81 bits per heavy atom. The van der Waals surface area contributed by atoms with Gasteiger partial charge in [0.2, 0.25) is 5.82 Å². The average Bonchev–Trinajstić information content (AvgIpc) is 2.97. The Hall–Kier alpha value is -2.88. The van der Waals surface area contributed by atoms with Gasteiger partial charge in [0.1, 0.15) is 11.6 Å². The summed E-state index contributed by atoms with van der Waals surface area (Å²) in [4.78, 5) is 16.2. The molecule has 2 rings (SSSR count). The molecule has 0 bridgehead atoms. The van der Waals surface area contributed by atoms with E-state index in [1.165, 1.54) is 7.11 Å². The second-order valence-electron chi connectivity index (χ2n) is 4.68. The van der Waals surface area contributed by atoms with Crippen LogP contribution in [0.4, 0.5) is 5.69 Å². The lowest BCUT2D eigenvalue weighted by molar-refractivity contribution is 0.101. The van der Waals surface area contributed by atoms with E-state index in [0.717, 1.165) is 0 Å². The van der Waals surface area contributed by atoms with Crippen molar-refractivity contribution >= 4 is 11.6 Å². The summed E-state index contributed by atoms with van der Waals surface area (Å²) in [6.07, 6.45) is 0. The van der Waals surface area contributed by atoms with Gasteiger partial charge in [-0.25, -0.2) is 4.98 Å². The highest BCUT2D eigenvalue weighted by Crippen LogP contribution is 2.25. The summed E-state index contributed by atoms with van der Waals surface area (Å²) in [6, 6.07) is 6.75. The monoisotopic (exact) mass is 285 g/mol. The van der Waals surface area contributed by atoms with Crippen LogP contribution in [0, 0.1) is 11.3 Å². The number of rotatable bonds is 4. The van der Waals surface area contributed by atoms with Crippen LogP contribution in [0.15, 0.2) is 18.2 Å². The summed E-state index contributed by atoms with van der Waals surface area (Å²) >= 11 is 0. The third kappa shape index (κ3) is 3.17. The Balaban J connectivity index is 2.21. The molecule has 0 saturated carbocycles. The fourth-order valence-corrected chi connectivity index (χ4v) is 1.68. The summed E-state index contributed by atoms with van der Waals surface area (Å²) in [7, 11) is 1.47. The fourth-order valence-electron chi connectivity index (χ4n) is 1.68. The van der Waals surface area contributed by atoms with Gasteiger partial charge >= 0.3 is 0 Å². The van der Waals surface area contributed by atoms with Crippen LogP contribution in [-0.4, -0.2) is 28.2 Å². The highest BCUT2D eigenvalue weighted by atomic mass is 16.5. The van der Waals surface area contributed by atoms with Gasteiger partial charge in [0.05, 0.1) is 24.4 Å². The topological polar surface area (TPSA) is 104 Å². The first-order chi connectivity index (χ1) is 10.0. The lowest BCUT2D eigenvalue weighted by Gasteiger charge is -2.08. The second-order valence-corrected chi connectivity index (χ2v) is 4.68. The van der Waals surface area contributed by atoms with Crippen molar-refractivity contribution in [2.75, 3.05) is 12.4 Å². The molecule has 0 spiro atoms. The molecule has 0 radical (unpaired) electrons. The number of carbonyl (C=O) groups is 1. The molecule has 7 nitrogen and oxygen atoms in total. The summed E-state index contributed by atoms with van der Waals surface area (Å²) < 4.78 is 5.15. The number of anilines is 1. The van der Waals surface area contributed by atoms with Crippen LogP contribution in [0.1, 0.15) is 41.8 Å². The molecule has 1 heterocycles. The predicted molar refractivity (Wildman–Crippen MR) is 76.1 cm³/mol. The van der Waals surface area contributed by atoms with E-state index < -0.39 is 5.91 Å². The SMILES string of the molecule is COc1cc(C#N)ccc1NC(=O)c1n[nH]c(C(C)C)n1. The van der Waals surface area contributed by atoms with Gasteiger partial charge in [-0.3, -0.25) is 9.89 Å². The van der Waals surface area contributed by atoms with E-state index in [4.69, 9.17) is 10.00 Å². The third-order valence-electron chi connectivity index (χ3n) is 2.83. The zero-order valence-electron chi connectivity index (χ0n) is 12.0. The summed E-state index contributed by atoms with van der Waals surface area (Å²) in [5.41, 5.74) is 0.905. The number of carbonyl (C=O) groups excluding carboxylic acids is 1. The Labute approximate surface area is 122 Å². The van der Waals surface area contributed by atoms with Gasteiger partial charge in [-0.1, -0.05) is 13.8 Å². The first-order valence-electron chi connectivity index (χ1n) is 6.37. The maximum atomic E-state index is 12.1. The summed E-state index contributed by atoms with van der Waals surface area (Å²) in [5.74, 6) is 0.823. The zero-order chi connectivity index (χ0) is 15.4. The molecule has 0 saturated heterocycles. The van der Waals surface area contributed by atoms with Crippen LogP contribution in [-0.2, 0) is 0 Å². The molecular weight excluding hydrogens is 270 g/mol.